The lowest BCUT2D eigenvalue weighted by atomic mass is 10.3. The van der Waals surface area contributed by atoms with Crippen LogP contribution in [0.4, 0.5) is 40.6 Å². The fourth-order valence-electron chi connectivity index (χ4n) is 2.66. The number of aromatic nitrogens is 2. The summed E-state index contributed by atoms with van der Waals surface area (Å²) in [4.78, 5) is 22.4. The normalized spacial score (nSPS) is 11.7. The Bertz CT molecular complexity index is 1340. The Morgan fingerprint density at radius 3 is 2.34 bits per heavy atom. The van der Waals surface area contributed by atoms with E-state index in [0.29, 0.717) is 12.7 Å². The lowest BCUT2D eigenvalue weighted by Gasteiger charge is -2.18. The molecule has 2 aromatic carbocycles. The van der Waals surface area contributed by atoms with Crippen LogP contribution < -0.4 is 15.4 Å². The molecule has 0 saturated carbocycles. The molecule has 0 saturated heterocycles. The van der Waals surface area contributed by atoms with Crippen LogP contribution in [0.5, 0.6) is 5.75 Å². The number of anilines is 4. The van der Waals surface area contributed by atoms with E-state index < -0.39 is 32.9 Å². The maximum atomic E-state index is 13.4. The Kier molecular flexibility index (Phi) is 7.40. The zero-order valence-electron chi connectivity index (χ0n) is 18.0. The summed E-state index contributed by atoms with van der Waals surface area (Å²) in [6, 6.07) is 10.4. The molecule has 0 aliphatic heterocycles. The molecular formula is C20H17F4N5O5S. The quantitative estimate of drug-likeness (QED) is 0.341. The summed E-state index contributed by atoms with van der Waals surface area (Å²) in [5.41, 5.74) is 0.483. The monoisotopic (exact) mass is 515 g/mol. The summed E-state index contributed by atoms with van der Waals surface area (Å²) >= 11 is 0. The minimum absolute atomic E-state index is 0.0690. The van der Waals surface area contributed by atoms with Crippen molar-refractivity contribution in [2.75, 3.05) is 24.8 Å². The molecule has 0 amide bonds. The number of nitrogens with one attached hydrogen (secondary N) is 2. The van der Waals surface area contributed by atoms with Crippen molar-refractivity contribution >= 4 is 39.0 Å². The maximum absolute atomic E-state index is 13.4. The Morgan fingerprint density at radius 2 is 1.71 bits per heavy atom. The van der Waals surface area contributed by atoms with Gasteiger partial charge in [0.1, 0.15) is 29.5 Å². The number of hydroxylamine groups is 1. The number of methoxy groups -OCH3 is 1. The van der Waals surface area contributed by atoms with E-state index >= 15 is 0 Å². The maximum Gasteiger partial charge on any atom is 0.492 e. The van der Waals surface area contributed by atoms with Gasteiger partial charge in [-0.15, -0.1) is 0 Å². The summed E-state index contributed by atoms with van der Waals surface area (Å²) in [6.45, 7) is 0. The second kappa shape index (κ2) is 10.1. The molecule has 0 spiro atoms. The molecule has 2 N–H and O–H groups in total. The van der Waals surface area contributed by atoms with Crippen LogP contribution >= 0.6 is 0 Å². The third-order valence-corrected chi connectivity index (χ3v) is 5.88. The molecular weight excluding hydrogens is 498 g/mol. The zero-order chi connectivity index (χ0) is 25.8. The van der Waals surface area contributed by atoms with Gasteiger partial charge in [0.05, 0.1) is 17.7 Å². The molecule has 1 aromatic heterocycles. The van der Waals surface area contributed by atoms with Gasteiger partial charge in [0, 0.05) is 18.8 Å². The van der Waals surface area contributed by atoms with Gasteiger partial charge < -0.3 is 20.2 Å². The number of alkyl halides is 3. The van der Waals surface area contributed by atoms with Crippen molar-refractivity contribution in [1.29, 1.82) is 0 Å². The SMILES string of the molecule is COc1ccc(S(=O)(=O)N(C)OC(=O)C(F)(F)F)cc1Nc1cc(Nc2cccc(F)c2)ncn1. The first kappa shape index (κ1) is 25.6. The van der Waals surface area contributed by atoms with Gasteiger partial charge in [0.25, 0.3) is 10.0 Å². The third-order valence-electron chi connectivity index (χ3n) is 4.28. The highest BCUT2D eigenvalue weighted by Crippen LogP contribution is 2.31. The van der Waals surface area contributed by atoms with Gasteiger partial charge >= 0.3 is 12.1 Å². The Labute approximate surface area is 196 Å². The van der Waals surface area contributed by atoms with E-state index in [1.807, 2.05) is 0 Å². The van der Waals surface area contributed by atoms with Crippen molar-refractivity contribution in [3.8, 4) is 5.75 Å². The van der Waals surface area contributed by atoms with E-state index in [1.165, 1.54) is 43.8 Å². The Balaban J connectivity index is 1.86. The predicted molar refractivity (Wildman–Crippen MR) is 115 cm³/mol. The highest BCUT2D eigenvalue weighted by atomic mass is 32.2. The molecule has 15 heteroatoms. The Morgan fingerprint density at radius 1 is 1.03 bits per heavy atom. The number of rotatable bonds is 8. The van der Waals surface area contributed by atoms with E-state index in [-0.39, 0.29) is 27.5 Å². The molecule has 0 fully saturated rings. The van der Waals surface area contributed by atoms with Crippen LogP contribution in [-0.4, -0.2) is 49.2 Å². The number of nitrogens with zero attached hydrogens (tertiary/aromatic N) is 3. The first-order valence-electron chi connectivity index (χ1n) is 9.48. The van der Waals surface area contributed by atoms with Crippen molar-refractivity contribution in [3.05, 3.63) is 60.7 Å². The van der Waals surface area contributed by atoms with Crippen molar-refractivity contribution < 1.29 is 40.3 Å². The number of hydrogen-bond acceptors (Lipinski definition) is 9. The second-order valence-electron chi connectivity index (χ2n) is 6.70. The van der Waals surface area contributed by atoms with Crippen molar-refractivity contribution in [1.82, 2.24) is 14.4 Å². The van der Waals surface area contributed by atoms with Crippen LogP contribution in [0, 0.1) is 5.82 Å². The Hall–Kier alpha value is -3.98. The average molecular weight is 515 g/mol. The largest absolute Gasteiger partial charge is 0.495 e. The number of hydrogen-bond donors (Lipinski definition) is 2. The minimum atomic E-state index is -5.39. The molecule has 0 bridgehead atoms. The molecule has 3 rings (SSSR count). The molecule has 10 nitrogen and oxygen atoms in total. The fourth-order valence-corrected chi connectivity index (χ4v) is 3.63. The lowest BCUT2D eigenvalue weighted by Crippen LogP contribution is -2.36. The number of carbonyl (C=O) groups excluding carboxylic acids is 1. The topological polar surface area (TPSA) is 123 Å². The number of ether oxygens (including phenoxy) is 1. The van der Waals surface area contributed by atoms with Crippen molar-refractivity contribution in [2.24, 2.45) is 0 Å². The molecule has 1 heterocycles. The van der Waals surface area contributed by atoms with Gasteiger partial charge in [-0.25, -0.2) is 27.6 Å². The molecule has 0 unspecified atom stereocenters. The van der Waals surface area contributed by atoms with Gasteiger partial charge in [0.2, 0.25) is 0 Å². The van der Waals surface area contributed by atoms with Crippen LogP contribution in [-0.2, 0) is 19.7 Å². The summed E-state index contributed by atoms with van der Waals surface area (Å²) < 4.78 is 81.0. The summed E-state index contributed by atoms with van der Waals surface area (Å²) in [6.07, 6.45) is -4.21. The van der Waals surface area contributed by atoms with Crippen LogP contribution in [0.25, 0.3) is 0 Å². The molecule has 186 valence electrons. The summed E-state index contributed by atoms with van der Waals surface area (Å²) in [5.74, 6) is -2.55. The van der Waals surface area contributed by atoms with E-state index in [4.69, 9.17) is 4.74 Å². The van der Waals surface area contributed by atoms with E-state index in [9.17, 15) is 30.8 Å². The minimum Gasteiger partial charge on any atom is -0.495 e. The molecule has 0 radical (unpaired) electrons. The molecule has 35 heavy (non-hydrogen) atoms. The van der Waals surface area contributed by atoms with E-state index in [1.54, 1.807) is 6.07 Å². The molecule has 0 aliphatic carbocycles. The van der Waals surface area contributed by atoms with E-state index in [2.05, 4.69) is 25.4 Å². The van der Waals surface area contributed by atoms with Gasteiger partial charge in [-0.05, 0) is 40.9 Å². The smallest absolute Gasteiger partial charge is 0.492 e. The van der Waals surface area contributed by atoms with Gasteiger partial charge in [-0.2, -0.15) is 13.2 Å². The van der Waals surface area contributed by atoms with Gasteiger partial charge in [-0.3, -0.25) is 0 Å². The predicted octanol–water partition coefficient (Wildman–Crippen LogP) is 3.75. The van der Waals surface area contributed by atoms with Gasteiger partial charge in [-0.1, -0.05) is 6.07 Å². The van der Waals surface area contributed by atoms with Crippen LogP contribution in [0.3, 0.4) is 0 Å². The summed E-state index contributed by atoms with van der Waals surface area (Å²) in [5, 5.41) is 5.69. The van der Waals surface area contributed by atoms with E-state index in [0.717, 1.165) is 12.1 Å². The van der Waals surface area contributed by atoms with Crippen LogP contribution in [0.15, 0.2) is 59.8 Å². The fraction of sp³-hybridized carbons (Fsp3) is 0.150. The number of benzene rings is 2. The molecule has 0 aliphatic rings. The van der Waals surface area contributed by atoms with Crippen LogP contribution in [0.1, 0.15) is 0 Å². The standard InChI is InChI=1S/C20H17F4N5O5S/c1-29(34-19(30)20(22,23)24)35(31,32)14-6-7-16(33-2)15(9-14)28-18-10-17(25-11-26-18)27-13-5-3-4-12(21)8-13/h3-11H,1-2H3,(H2,25,26,27,28). The highest BCUT2D eigenvalue weighted by molar-refractivity contribution is 7.89. The van der Waals surface area contributed by atoms with Crippen LogP contribution in [0.2, 0.25) is 0 Å². The van der Waals surface area contributed by atoms with Crippen molar-refractivity contribution in [2.45, 2.75) is 11.1 Å². The number of halogens is 4. The molecule has 0 atom stereocenters. The third kappa shape index (κ3) is 6.33. The second-order valence-corrected chi connectivity index (χ2v) is 8.64. The number of carbonyl (C=O) groups is 1. The summed E-state index contributed by atoms with van der Waals surface area (Å²) in [7, 11) is -2.72. The highest BCUT2D eigenvalue weighted by Gasteiger charge is 2.43. The zero-order valence-corrected chi connectivity index (χ0v) is 18.8. The first-order chi connectivity index (χ1) is 16.4. The van der Waals surface area contributed by atoms with Crippen molar-refractivity contribution in [3.63, 3.8) is 0 Å². The average Bonchev–Trinajstić information content (AvgIpc) is 2.78. The molecule has 3 aromatic rings. The van der Waals surface area contributed by atoms with Gasteiger partial charge in [0.15, 0.2) is 0 Å². The number of sulfonamides is 1. The lowest BCUT2D eigenvalue weighted by molar-refractivity contribution is -0.219. The first-order valence-corrected chi connectivity index (χ1v) is 10.9.